The first kappa shape index (κ1) is 14.1. The van der Waals surface area contributed by atoms with E-state index in [1.807, 2.05) is 6.92 Å². The van der Waals surface area contributed by atoms with Crippen molar-refractivity contribution < 1.29 is 14.7 Å². The van der Waals surface area contributed by atoms with E-state index in [2.05, 4.69) is 10.4 Å². The van der Waals surface area contributed by atoms with Crippen LogP contribution >= 0.6 is 0 Å². The molecule has 1 saturated carbocycles. The quantitative estimate of drug-likeness (QED) is 0.789. The number of nitrogens with two attached hydrogens (primary N) is 1. The van der Waals surface area contributed by atoms with Crippen LogP contribution in [0.15, 0.2) is 24.4 Å². The Morgan fingerprint density at radius 1 is 1.41 bits per heavy atom. The van der Waals surface area contributed by atoms with E-state index in [9.17, 15) is 9.59 Å². The van der Waals surface area contributed by atoms with Crippen LogP contribution in [0.4, 0.5) is 5.82 Å². The number of carbonyl (C=O) groups excluding carboxylic acids is 1. The van der Waals surface area contributed by atoms with E-state index in [0.717, 1.165) is 18.4 Å². The zero-order valence-electron chi connectivity index (χ0n) is 12.0. The first-order valence-corrected chi connectivity index (χ1v) is 6.96. The van der Waals surface area contributed by atoms with Gasteiger partial charge in [0, 0.05) is 17.8 Å². The van der Waals surface area contributed by atoms with Crippen LogP contribution in [-0.2, 0) is 0 Å². The van der Waals surface area contributed by atoms with Crippen LogP contribution in [0.3, 0.4) is 0 Å². The molecule has 114 valence electrons. The molecule has 2 aromatic rings. The number of nitrogens with one attached hydrogen (secondary N) is 1. The van der Waals surface area contributed by atoms with Gasteiger partial charge in [-0.1, -0.05) is 6.07 Å². The van der Waals surface area contributed by atoms with Gasteiger partial charge in [-0.15, -0.1) is 5.10 Å². The lowest BCUT2D eigenvalue weighted by Crippen LogP contribution is -2.25. The number of hydrogen-bond acceptors (Lipinski definition) is 4. The fraction of sp³-hybridized carbons (Fsp3) is 0.267. The average molecular weight is 300 g/mol. The Morgan fingerprint density at radius 2 is 2.14 bits per heavy atom. The molecule has 7 nitrogen and oxygen atoms in total. The molecular weight excluding hydrogens is 284 g/mol. The van der Waals surface area contributed by atoms with Crippen molar-refractivity contribution in [2.75, 3.05) is 5.73 Å². The lowest BCUT2D eigenvalue weighted by molar-refractivity contribution is 0.0697. The number of anilines is 1. The molecule has 0 atom stereocenters. The van der Waals surface area contributed by atoms with Crippen molar-refractivity contribution in [3.63, 3.8) is 0 Å². The number of aromatic nitrogens is 2. The van der Waals surface area contributed by atoms with Gasteiger partial charge in [0.25, 0.3) is 5.91 Å². The normalized spacial score (nSPS) is 13.9. The molecule has 0 saturated heterocycles. The van der Waals surface area contributed by atoms with Crippen molar-refractivity contribution in [1.82, 2.24) is 15.1 Å². The number of carbonyl (C=O) groups is 2. The molecule has 3 rings (SSSR count). The highest BCUT2D eigenvalue weighted by atomic mass is 16.4. The number of aromatic carboxylic acids is 1. The topological polar surface area (TPSA) is 110 Å². The smallest absolute Gasteiger partial charge is 0.341 e. The first-order chi connectivity index (χ1) is 10.5. The first-order valence-electron chi connectivity index (χ1n) is 6.96. The summed E-state index contributed by atoms with van der Waals surface area (Å²) in [7, 11) is 0. The maximum absolute atomic E-state index is 12.1. The second kappa shape index (κ2) is 5.18. The van der Waals surface area contributed by atoms with Gasteiger partial charge in [0.1, 0.15) is 5.56 Å². The molecule has 0 aliphatic heterocycles. The van der Waals surface area contributed by atoms with Crippen molar-refractivity contribution in [3.8, 4) is 5.69 Å². The summed E-state index contributed by atoms with van der Waals surface area (Å²) < 4.78 is 1.39. The van der Waals surface area contributed by atoms with Crippen LogP contribution in [0.2, 0.25) is 0 Å². The van der Waals surface area contributed by atoms with E-state index < -0.39 is 5.97 Å². The molecule has 1 aromatic carbocycles. The summed E-state index contributed by atoms with van der Waals surface area (Å²) >= 11 is 0. The highest BCUT2D eigenvalue weighted by Crippen LogP contribution is 2.22. The molecule has 0 spiro atoms. The van der Waals surface area contributed by atoms with Crippen molar-refractivity contribution in [2.45, 2.75) is 25.8 Å². The van der Waals surface area contributed by atoms with E-state index in [0.29, 0.717) is 11.3 Å². The van der Waals surface area contributed by atoms with Crippen LogP contribution in [-0.4, -0.2) is 32.8 Å². The third kappa shape index (κ3) is 2.65. The highest BCUT2D eigenvalue weighted by Gasteiger charge is 2.24. The Hall–Kier alpha value is -2.83. The molecule has 1 fully saturated rings. The number of carboxylic acid groups (broad SMARTS) is 1. The highest BCUT2D eigenvalue weighted by molar-refractivity contribution is 5.95. The number of rotatable bonds is 4. The van der Waals surface area contributed by atoms with E-state index in [1.165, 1.54) is 10.9 Å². The second-order valence-electron chi connectivity index (χ2n) is 5.43. The van der Waals surface area contributed by atoms with E-state index >= 15 is 0 Å². The fourth-order valence-electron chi connectivity index (χ4n) is 2.17. The number of benzene rings is 1. The van der Waals surface area contributed by atoms with Crippen molar-refractivity contribution in [2.24, 2.45) is 0 Å². The maximum atomic E-state index is 12.1. The zero-order valence-corrected chi connectivity index (χ0v) is 12.0. The largest absolute Gasteiger partial charge is 0.477 e. The van der Waals surface area contributed by atoms with Crippen LogP contribution in [0.5, 0.6) is 0 Å². The number of nitrogens with zero attached hydrogens (tertiary/aromatic N) is 2. The van der Waals surface area contributed by atoms with Crippen molar-refractivity contribution in [1.29, 1.82) is 0 Å². The molecule has 0 radical (unpaired) electrons. The zero-order chi connectivity index (χ0) is 15.9. The molecular formula is C15H16N4O3. The number of aryl methyl sites for hydroxylation is 1. The SMILES string of the molecule is Cc1ccc(C(=O)NC2CC2)cc1-n1cc(C(=O)O)c(N)n1. The van der Waals surface area contributed by atoms with E-state index in [1.54, 1.807) is 18.2 Å². The minimum absolute atomic E-state index is 0.0558. The van der Waals surface area contributed by atoms with Crippen LogP contribution in [0.25, 0.3) is 5.69 Å². The second-order valence-corrected chi connectivity index (χ2v) is 5.43. The monoisotopic (exact) mass is 300 g/mol. The fourth-order valence-corrected chi connectivity index (χ4v) is 2.17. The van der Waals surface area contributed by atoms with E-state index in [-0.39, 0.29) is 23.3 Å². The number of hydrogen-bond donors (Lipinski definition) is 3. The van der Waals surface area contributed by atoms with Crippen molar-refractivity contribution >= 4 is 17.7 Å². The minimum atomic E-state index is -1.14. The lowest BCUT2D eigenvalue weighted by atomic mass is 10.1. The van der Waals surface area contributed by atoms with Gasteiger partial charge in [-0.25, -0.2) is 9.48 Å². The van der Waals surface area contributed by atoms with Gasteiger partial charge < -0.3 is 16.2 Å². The summed E-state index contributed by atoms with van der Waals surface area (Å²) in [6.07, 6.45) is 3.38. The average Bonchev–Trinajstić information content (AvgIpc) is 3.19. The lowest BCUT2D eigenvalue weighted by Gasteiger charge is -2.09. The van der Waals surface area contributed by atoms with E-state index in [4.69, 9.17) is 10.8 Å². The molecule has 1 aromatic heterocycles. The predicted octanol–water partition coefficient (Wildman–Crippen LogP) is 1.35. The van der Waals surface area contributed by atoms with Crippen LogP contribution in [0.1, 0.15) is 39.1 Å². The predicted molar refractivity (Wildman–Crippen MR) is 80.2 cm³/mol. The summed E-state index contributed by atoms with van der Waals surface area (Å²) in [5.74, 6) is -1.33. The molecule has 0 bridgehead atoms. The molecule has 7 heteroatoms. The maximum Gasteiger partial charge on any atom is 0.341 e. The number of carboxylic acids is 1. The molecule has 22 heavy (non-hydrogen) atoms. The summed E-state index contributed by atoms with van der Waals surface area (Å²) in [6.45, 7) is 1.86. The number of amides is 1. The van der Waals surface area contributed by atoms with Crippen LogP contribution < -0.4 is 11.1 Å². The standard InChI is InChI=1S/C15H16N4O3/c1-8-2-3-9(14(20)17-10-4-5-10)6-12(8)19-7-11(15(21)22)13(16)18-19/h2-3,6-7,10H,4-5H2,1H3,(H2,16,18)(H,17,20)(H,21,22). The molecule has 0 unspecified atom stereocenters. The van der Waals surface area contributed by atoms with Gasteiger partial charge in [-0.05, 0) is 37.5 Å². The van der Waals surface area contributed by atoms with Crippen LogP contribution in [0, 0.1) is 6.92 Å². The van der Waals surface area contributed by atoms with Crippen molar-refractivity contribution in [3.05, 3.63) is 41.1 Å². The Morgan fingerprint density at radius 3 is 2.73 bits per heavy atom. The molecule has 1 aliphatic rings. The minimum Gasteiger partial charge on any atom is -0.477 e. The van der Waals surface area contributed by atoms with Gasteiger partial charge in [-0.2, -0.15) is 0 Å². The molecule has 1 amide bonds. The molecule has 4 N–H and O–H groups in total. The Kier molecular flexibility index (Phi) is 3.32. The summed E-state index contributed by atoms with van der Waals surface area (Å²) in [5, 5.41) is 16.0. The summed E-state index contributed by atoms with van der Waals surface area (Å²) in [5.41, 5.74) is 7.55. The Balaban J connectivity index is 1.97. The van der Waals surface area contributed by atoms with Gasteiger partial charge in [0.05, 0.1) is 5.69 Å². The molecule has 1 heterocycles. The van der Waals surface area contributed by atoms with Gasteiger partial charge >= 0.3 is 5.97 Å². The summed E-state index contributed by atoms with van der Waals surface area (Å²) in [4.78, 5) is 23.2. The van der Waals surface area contributed by atoms with Gasteiger partial charge in [-0.3, -0.25) is 4.79 Å². The Bertz CT molecular complexity index is 762. The summed E-state index contributed by atoms with van der Waals surface area (Å²) in [6, 6.07) is 5.50. The third-order valence-electron chi connectivity index (χ3n) is 3.60. The number of nitrogen functional groups attached to an aromatic ring is 1. The molecule has 1 aliphatic carbocycles. The Labute approximate surface area is 126 Å². The third-order valence-corrected chi connectivity index (χ3v) is 3.60. The van der Waals surface area contributed by atoms with Gasteiger partial charge in [0.15, 0.2) is 5.82 Å². The van der Waals surface area contributed by atoms with Gasteiger partial charge in [0.2, 0.25) is 0 Å².